The van der Waals surface area contributed by atoms with Crippen LogP contribution in [0.4, 0.5) is 0 Å². The summed E-state index contributed by atoms with van der Waals surface area (Å²) in [5, 5.41) is 2.98. The molecule has 0 spiro atoms. The van der Waals surface area contributed by atoms with E-state index in [-0.39, 0.29) is 22.3 Å². The van der Waals surface area contributed by atoms with Crippen molar-refractivity contribution >= 4 is 38.7 Å². The Hall–Kier alpha value is -2.56. The molecule has 160 valence electrons. The van der Waals surface area contributed by atoms with E-state index in [1.165, 1.54) is 32.4 Å². The van der Waals surface area contributed by atoms with Crippen LogP contribution in [0.1, 0.15) is 28.6 Å². The maximum absolute atomic E-state index is 13.0. The van der Waals surface area contributed by atoms with Gasteiger partial charge in [-0.2, -0.15) is 11.8 Å². The van der Waals surface area contributed by atoms with Crippen molar-refractivity contribution in [2.75, 3.05) is 26.2 Å². The second-order valence-electron chi connectivity index (χ2n) is 6.52. The minimum Gasteiger partial charge on any atom is -0.495 e. The molecule has 10 heteroatoms. The number of H-pyrrole nitrogens is 1. The molecule has 0 aliphatic heterocycles. The van der Waals surface area contributed by atoms with E-state index in [1.54, 1.807) is 11.8 Å². The predicted octanol–water partition coefficient (Wildman–Crippen LogP) is 2.70. The van der Waals surface area contributed by atoms with Gasteiger partial charge >= 0.3 is 0 Å². The zero-order valence-electron chi connectivity index (χ0n) is 16.9. The fourth-order valence-corrected chi connectivity index (χ4v) is 4.42. The first-order valence-electron chi connectivity index (χ1n) is 9.25. The number of amides is 1. The second kappa shape index (κ2) is 9.50. The molecule has 0 saturated heterocycles. The maximum atomic E-state index is 13.0. The van der Waals surface area contributed by atoms with Crippen LogP contribution in [0, 0.1) is 0 Å². The van der Waals surface area contributed by atoms with Crippen LogP contribution < -0.4 is 14.8 Å². The first-order valence-corrected chi connectivity index (χ1v) is 12.1. The highest BCUT2D eigenvalue weighted by Crippen LogP contribution is 2.26. The number of fused-ring (bicyclic) bond motifs is 1. The fraction of sp³-hybridized carbons (Fsp3) is 0.300. The summed E-state index contributed by atoms with van der Waals surface area (Å²) < 4.78 is 32.0. The number of methoxy groups -OCH3 is 1. The van der Waals surface area contributed by atoms with Crippen molar-refractivity contribution in [3.63, 3.8) is 0 Å². The van der Waals surface area contributed by atoms with E-state index in [4.69, 9.17) is 4.74 Å². The molecule has 1 atom stereocenters. The molecule has 1 aromatic heterocycles. The maximum Gasteiger partial charge on any atom is 0.251 e. The molecule has 1 heterocycles. The molecule has 30 heavy (non-hydrogen) atoms. The molecule has 0 fully saturated rings. The van der Waals surface area contributed by atoms with Gasteiger partial charge in [0.1, 0.15) is 16.5 Å². The van der Waals surface area contributed by atoms with Crippen molar-refractivity contribution in [1.29, 1.82) is 0 Å². The van der Waals surface area contributed by atoms with Gasteiger partial charge in [0.15, 0.2) is 0 Å². The Bertz CT molecular complexity index is 1110. The van der Waals surface area contributed by atoms with E-state index in [0.29, 0.717) is 12.2 Å². The minimum atomic E-state index is -3.79. The molecule has 1 amide bonds. The number of aromatic nitrogens is 2. The Morgan fingerprint density at radius 1 is 1.27 bits per heavy atom. The van der Waals surface area contributed by atoms with Crippen LogP contribution in [0.2, 0.25) is 0 Å². The lowest BCUT2D eigenvalue weighted by Crippen LogP contribution is -2.30. The van der Waals surface area contributed by atoms with Crippen LogP contribution in [-0.4, -0.2) is 50.5 Å². The number of carbonyl (C=O) groups excluding carboxylic acids is 1. The van der Waals surface area contributed by atoms with Crippen molar-refractivity contribution in [2.45, 2.75) is 17.4 Å². The summed E-state index contributed by atoms with van der Waals surface area (Å²) in [6, 6.07) is 11.6. The Labute approximate surface area is 179 Å². The molecule has 3 N–H and O–H groups in total. The standard InChI is InChI=1S/C20H24N4O4S2/c1-21-30(26,27)18-12-13(8-9-17(18)28-2)20(25)24-16(10-11-29-3)19-22-14-6-4-5-7-15(14)23-19/h4-9,12,16,21H,10-11H2,1-3H3,(H,22,23)(H,24,25)/t16-/m0/s1. The van der Waals surface area contributed by atoms with Crippen molar-refractivity contribution in [2.24, 2.45) is 0 Å². The Morgan fingerprint density at radius 3 is 2.70 bits per heavy atom. The summed E-state index contributed by atoms with van der Waals surface area (Å²) in [6.07, 6.45) is 2.67. The molecule has 3 aromatic rings. The highest BCUT2D eigenvalue weighted by atomic mass is 32.2. The van der Waals surface area contributed by atoms with Crippen LogP contribution in [0.15, 0.2) is 47.4 Å². The number of nitrogens with zero attached hydrogens (tertiary/aromatic N) is 1. The zero-order valence-corrected chi connectivity index (χ0v) is 18.6. The van der Waals surface area contributed by atoms with Gasteiger partial charge in [0.25, 0.3) is 5.91 Å². The smallest absolute Gasteiger partial charge is 0.251 e. The van der Waals surface area contributed by atoms with Gasteiger partial charge in [-0.05, 0) is 55.8 Å². The molecule has 0 aliphatic rings. The number of sulfonamides is 1. The predicted molar refractivity (Wildman–Crippen MR) is 119 cm³/mol. The molecule has 0 saturated carbocycles. The Morgan fingerprint density at radius 2 is 2.03 bits per heavy atom. The quantitative estimate of drug-likeness (QED) is 0.464. The first-order chi connectivity index (χ1) is 14.4. The molecule has 3 rings (SSSR count). The number of hydrogen-bond donors (Lipinski definition) is 3. The van der Waals surface area contributed by atoms with Crippen LogP contribution in [0.5, 0.6) is 5.75 Å². The summed E-state index contributed by atoms with van der Waals surface area (Å²) in [6.45, 7) is 0. The van der Waals surface area contributed by atoms with Crippen LogP contribution in [0.3, 0.4) is 0 Å². The van der Waals surface area contributed by atoms with Gasteiger partial charge in [-0.15, -0.1) is 0 Å². The molecule has 0 aliphatic carbocycles. The summed E-state index contributed by atoms with van der Waals surface area (Å²) in [4.78, 5) is 20.7. The molecular weight excluding hydrogens is 424 g/mol. The van der Waals surface area contributed by atoms with Crippen molar-refractivity contribution < 1.29 is 17.9 Å². The number of imidazole rings is 1. The summed E-state index contributed by atoms with van der Waals surface area (Å²) in [5.41, 5.74) is 1.93. The van der Waals surface area contributed by atoms with Gasteiger partial charge in [-0.25, -0.2) is 18.1 Å². The number of rotatable bonds is 9. The van der Waals surface area contributed by atoms with Gasteiger partial charge < -0.3 is 15.0 Å². The van der Waals surface area contributed by atoms with E-state index in [2.05, 4.69) is 20.0 Å². The molecule has 2 aromatic carbocycles. The highest BCUT2D eigenvalue weighted by Gasteiger charge is 2.23. The largest absolute Gasteiger partial charge is 0.495 e. The average Bonchev–Trinajstić information content (AvgIpc) is 3.20. The third-order valence-electron chi connectivity index (χ3n) is 4.64. The Kier molecular flexibility index (Phi) is 7.01. The van der Waals surface area contributed by atoms with Gasteiger partial charge in [0.05, 0.1) is 24.2 Å². The van der Waals surface area contributed by atoms with Crippen molar-refractivity contribution in [1.82, 2.24) is 20.0 Å². The number of benzene rings is 2. The molecule has 0 bridgehead atoms. The number of ether oxygens (including phenoxy) is 1. The third kappa shape index (κ3) is 4.77. The van der Waals surface area contributed by atoms with Gasteiger partial charge in [-0.1, -0.05) is 12.1 Å². The van der Waals surface area contributed by atoms with Crippen molar-refractivity contribution in [3.05, 3.63) is 53.9 Å². The number of hydrogen-bond acceptors (Lipinski definition) is 6. The van der Waals surface area contributed by atoms with E-state index in [0.717, 1.165) is 16.8 Å². The second-order valence-corrected chi connectivity index (χ2v) is 9.36. The SMILES string of the molecule is CNS(=O)(=O)c1cc(C(=O)N[C@@H](CCSC)c2nc3ccccc3[nH]2)ccc1OC. The summed E-state index contributed by atoms with van der Waals surface area (Å²) in [5.74, 6) is 1.26. The van der Waals surface area contributed by atoms with Crippen LogP contribution >= 0.6 is 11.8 Å². The minimum absolute atomic E-state index is 0.0930. The average molecular weight is 449 g/mol. The lowest BCUT2D eigenvalue weighted by molar-refractivity contribution is 0.0934. The van der Waals surface area contributed by atoms with Crippen LogP contribution in [0.25, 0.3) is 11.0 Å². The summed E-state index contributed by atoms with van der Waals surface area (Å²) >= 11 is 1.67. The first kappa shape index (κ1) is 22.1. The lowest BCUT2D eigenvalue weighted by atomic mass is 10.1. The monoisotopic (exact) mass is 448 g/mol. The van der Waals surface area contributed by atoms with E-state index >= 15 is 0 Å². The number of thioether (sulfide) groups is 1. The number of nitrogens with one attached hydrogen (secondary N) is 3. The number of aromatic amines is 1. The Balaban J connectivity index is 1.91. The molecule has 0 unspecified atom stereocenters. The molecule has 0 radical (unpaired) electrons. The summed E-state index contributed by atoms with van der Waals surface area (Å²) in [7, 11) is -1.10. The molecular formula is C20H24N4O4S2. The highest BCUT2D eigenvalue weighted by molar-refractivity contribution is 7.98. The topological polar surface area (TPSA) is 113 Å². The van der Waals surface area contributed by atoms with E-state index < -0.39 is 15.9 Å². The number of para-hydroxylation sites is 2. The third-order valence-corrected chi connectivity index (χ3v) is 6.72. The zero-order chi connectivity index (χ0) is 21.7. The normalized spacial score (nSPS) is 12.6. The van der Waals surface area contributed by atoms with Crippen molar-refractivity contribution in [3.8, 4) is 5.75 Å². The van der Waals surface area contributed by atoms with E-state index in [1.807, 2.05) is 30.5 Å². The van der Waals surface area contributed by atoms with Gasteiger partial charge in [-0.3, -0.25) is 4.79 Å². The van der Waals surface area contributed by atoms with Gasteiger partial charge in [0.2, 0.25) is 10.0 Å². The van der Waals surface area contributed by atoms with Gasteiger partial charge in [0, 0.05) is 5.56 Å². The molecule has 8 nitrogen and oxygen atoms in total. The lowest BCUT2D eigenvalue weighted by Gasteiger charge is -2.17. The number of carbonyl (C=O) groups is 1. The van der Waals surface area contributed by atoms with E-state index in [9.17, 15) is 13.2 Å². The fourth-order valence-electron chi connectivity index (χ4n) is 3.03. The van der Waals surface area contributed by atoms with Crippen LogP contribution in [-0.2, 0) is 10.0 Å².